The van der Waals surface area contributed by atoms with Gasteiger partial charge >= 0.3 is 0 Å². The predicted octanol–water partition coefficient (Wildman–Crippen LogP) is 1.21. The third-order valence-corrected chi connectivity index (χ3v) is 6.77. The lowest BCUT2D eigenvalue weighted by Gasteiger charge is -2.39. The summed E-state index contributed by atoms with van der Waals surface area (Å²) in [6.07, 6.45) is 2.55. The molecule has 2 aromatic rings. The Kier molecular flexibility index (Phi) is 4.94. The van der Waals surface area contributed by atoms with Gasteiger partial charge in [-0.15, -0.1) is 0 Å². The van der Waals surface area contributed by atoms with Crippen LogP contribution in [-0.2, 0) is 14.9 Å². The highest BCUT2D eigenvalue weighted by atomic mass is 32.2. The lowest BCUT2D eigenvalue weighted by atomic mass is 9.75. The fourth-order valence-corrected chi connectivity index (χ4v) is 5.05. The summed E-state index contributed by atoms with van der Waals surface area (Å²) in [6.45, 7) is 1.52. The number of hydrogen-bond acceptors (Lipinski definition) is 5. The van der Waals surface area contributed by atoms with Crippen LogP contribution in [0.15, 0.2) is 36.5 Å². The van der Waals surface area contributed by atoms with Gasteiger partial charge < -0.3 is 9.84 Å². The third-order valence-electron chi connectivity index (χ3n) is 5.18. The van der Waals surface area contributed by atoms with Crippen molar-refractivity contribution in [3.05, 3.63) is 42.1 Å². The van der Waals surface area contributed by atoms with E-state index in [-0.39, 0.29) is 12.0 Å². The van der Waals surface area contributed by atoms with E-state index in [0.717, 1.165) is 16.5 Å². The van der Waals surface area contributed by atoms with E-state index in [4.69, 9.17) is 4.74 Å². The van der Waals surface area contributed by atoms with Crippen molar-refractivity contribution in [2.24, 2.45) is 5.92 Å². The number of benzene rings is 1. The first-order chi connectivity index (χ1) is 12.5. The maximum atomic E-state index is 12.8. The molecule has 1 saturated carbocycles. The second kappa shape index (κ2) is 7.21. The maximum absolute atomic E-state index is 12.8. The van der Waals surface area contributed by atoms with Crippen LogP contribution >= 0.6 is 0 Å². The molecule has 1 atom stereocenters. The van der Waals surface area contributed by atoms with Crippen LogP contribution in [0.4, 0.5) is 0 Å². The molecule has 2 N–H and O–H groups in total. The first-order valence-electron chi connectivity index (χ1n) is 8.91. The zero-order valence-electron chi connectivity index (χ0n) is 14.4. The summed E-state index contributed by atoms with van der Waals surface area (Å²) in [5.41, 5.74) is 1.71. The fraction of sp³-hybridized carbons (Fsp3) is 0.500. The minimum Gasteiger partial charge on any atom is -0.393 e. The minimum absolute atomic E-state index is 0.0591. The quantitative estimate of drug-likeness (QED) is 0.817. The van der Waals surface area contributed by atoms with E-state index in [1.807, 2.05) is 30.3 Å². The van der Waals surface area contributed by atoms with Crippen molar-refractivity contribution in [2.45, 2.75) is 25.0 Å². The third kappa shape index (κ3) is 3.60. The first kappa shape index (κ1) is 17.8. The number of nitrogens with zero attached hydrogens (tertiary/aromatic N) is 2. The van der Waals surface area contributed by atoms with E-state index >= 15 is 0 Å². The van der Waals surface area contributed by atoms with Crippen molar-refractivity contribution in [1.82, 2.24) is 14.0 Å². The Morgan fingerprint density at radius 3 is 2.69 bits per heavy atom. The van der Waals surface area contributed by atoms with Gasteiger partial charge in [-0.2, -0.15) is 17.4 Å². The predicted molar refractivity (Wildman–Crippen MR) is 97.7 cm³/mol. The minimum atomic E-state index is -3.63. The van der Waals surface area contributed by atoms with Crippen LogP contribution < -0.4 is 4.72 Å². The molecule has 1 saturated heterocycles. The monoisotopic (exact) mass is 377 g/mol. The largest absolute Gasteiger partial charge is 0.393 e. The van der Waals surface area contributed by atoms with E-state index in [2.05, 4.69) is 9.71 Å². The topological polar surface area (TPSA) is 91.8 Å². The molecule has 2 heterocycles. The van der Waals surface area contributed by atoms with Crippen molar-refractivity contribution >= 4 is 21.1 Å². The van der Waals surface area contributed by atoms with Gasteiger partial charge in [0.1, 0.15) is 0 Å². The zero-order valence-corrected chi connectivity index (χ0v) is 15.2. The Labute approximate surface area is 153 Å². The average Bonchev–Trinajstić information content (AvgIpc) is 2.64. The van der Waals surface area contributed by atoms with E-state index in [1.54, 1.807) is 6.20 Å². The summed E-state index contributed by atoms with van der Waals surface area (Å²) in [5.74, 6) is 0.0591. The Morgan fingerprint density at radius 2 is 1.96 bits per heavy atom. The van der Waals surface area contributed by atoms with Crippen LogP contribution in [0.5, 0.6) is 0 Å². The summed E-state index contributed by atoms with van der Waals surface area (Å²) in [4.78, 5) is 4.47. The normalized spacial score (nSPS) is 25.7. The van der Waals surface area contributed by atoms with Crippen LogP contribution in [0.1, 0.15) is 24.4 Å². The molecule has 1 aromatic heterocycles. The van der Waals surface area contributed by atoms with Gasteiger partial charge in [-0.05, 0) is 36.5 Å². The number of aromatic nitrogens is 1. The van der Waals surface area contributed by atoms with Crippen LogP contribution in [0.3, 0.4) is 0 Å². The van der Waals surface area contributed by atoms with Crippen LogP contribution in [0, 0.1) is 5.92 Å². The molecule has 26 heavy (non-hydrogen) atoms. The molecule has 8 heteroatoms. The summed E-state index contributed by atoms with van der Waals surface area (Å²) < 4.78 is 35.2. The summed E-state index contributed by atoms with van der Waals surface area (Å²) in [5, 5.41) is 10.7. The van der Waals surface area contributed by atoms with Crippen molar-refractivity contribution in [1.29, 1.82) is 0 Å². The Morgan fingerprint density at radius 1 is 1.23 bits per heavy atom. The number of hydrogen-bond donors (Lipinski definition) is 2. The highest BCUT2D eigenvalue weighted by Gasteiger charge is 2.38. The van der Waals surface area contributed by atoms with E-state index in [9.17, 15) is 13.5 Å². The molecule has 0 bridgehead atoms. The van der Waals surface area contributed by atoms with Crippen molar-refractivity contribution < 1.29 is 18.3 Å². The van der Waals surface area contributed by atoms with E-state index in [0.29, 0.717) is 39.1 Å². The Bertz CT molecular complexity index is 877. The molecule has 4 rings (SSSR count). The SMILES string of the molecule is O=S(=O)(NC(c1cnc2ccccc2c1)C1CC(O)C1)N1CCOCC1. The van der Waals surface area contributed by atoms with Gasteiger partial charge in [0.25, 0.3) is 10.2 Å². The lowest BCUT2D eigenvalue weighted by Crippen LogP contribution is -2.50. The van der Waals surface area contributed by atoms with Crippen LogP contribution in [0.25, 0.3) is 10.9 Å². The molecule has 140 valence electrons. The molecule has 1 unspecified atom stereocenters. The van der Waals surface area contributed by atoms with Crippen molar-refractivity contribution in [3.63, 3.8) is 0 Å². The molecule has 1 aromatic carbocycles. The van der Waals surface area contributed by atoms with Crippen molar-refractivity contribution in [2.75, 3.05) is 26.3 Å². The number of aliphatic hydroxyl groups excluding tert-OH is 1. The second-order valence-electron chi connectivity index (χ2n) is 6.96. The Balaban J connectivity index is 1.63. The fourth-order valence-electron chi connectivity index (χ4n) is 3.62. The second-order valence-corrected chi connectivity index (χ2v) is 8.66. The van der Waals surface area contributed by atoms with Crippen molar-refractivity contribution in [3.8, 4) is 0 Å². The molecule has 7 nitrogen and oxygen atoms in total. The number of pyridine rings is 1. The van der Waals surface area contributed by atoms with Gasteiger partial charge in [-0.25, -0.2) is 0 Å². The number of para-hydroxylation sites is 1. The van der Waals surface area contributed by atoms with Gasteiger partial charge in [0.05, 0.1) is 30.9 Å². The summed E-state index contributed by atoms with van der Waals surface area (Å²) in [6, 6.07) is 9.35. The number of fused-ring (bicyclic) bond motifs is 1. The summed E-state index contributed by atoms with van der Waals surface area (Å²) in [7, 11) is -3.63. The number of ether oxygens (including phenoxy) is 1. The van der Waals surface area contributed by atoms with Crippen LogP contribution in [0.2, 0.25) is 0 Å². The molecule has 1 aliphatic heterocycles. The Hall–Kier alpha value is -1.58. The molecule has 0 radical (unpaired) electrons. The molecule has 2 fully saturated rings. The zero-order chi connectivity index (χ0) is 18.1. The lowest BCUT2D eigenvalue weighted by molar-refractivity contribution is 0.0271. The average molecular weight is 377 g/mol. The van der Waals surface area contributed by atoms with Gasteiger partial charge in [-0.3, -0.25) is 4.98 Å². The molecular formula is C18H23N3O4S. The van der Waals surface area contributed by atoms with Crippen LogP contribution in [-0.4, -0.2) is 55.2 Å². The highest BCUT2D eigenvalue weighted by molar-refractivity contribution is 7.87. The molecule has 2 aliphatic rings. The van der Waals surface area contributed by atoms with Gasteiger partial charge in [0.15, 0.2) is 0 Å². The van der Waals surface area contributed by atoms with Gasteiger partial charge in [-0.1, -0.05) is 18.2 Å². The van der Waals surface area contributed by atoms with E-state index < -0.39 is 16.3 Å². The number of rotatable bonds is 5. The standard InChI is InChI=1S/C18H23N3O4S/c22-16-10-14(11-16)18(20-26(23,24)21-5-7-25-8-6-21)15-9-13-3-1-2-4-17(13)19-12-15/h1-4,9,12,14,16,18,20,22H,5-8,10-11H2. The first-order valence-corrected chi connectivity index (χ1v) is 10.3. The van der Waals surface area contributed by atoms with E-state index in [1.165, 1.54) is 4.31 Å². The van der Waals surface area contributed by atoms with Gasteiger partial charge in [0, 0.05) is 24.7 Å². The molecule has 0 spiro atoms. The number of morpholine rings is 1. The number of nitrogens with one attached hydrogen (secondary N) is 1. The molecule has 0 amide bonds. The molecular weight excluding hydrogens is 354 g/mol. The summed E-state index contributed by atoms with van der Waals surface area (Å²) >= 11 is 0. The van der Waals surface area contributed by atoms with Gasteiger partial charge in [0.2, 0.25) is 0 Å². The number of aliphatic hydroxyl groups is 1. The highest BCUT2D eigenvalue weighted by Crippen LogP contribution is 2.39. The maximum Gasteiger partial charge on any atom is 0.280 e. The molecule has 1 aliphatic carbocycles. The smallest absolute Gasteiger partial charge is 0.280 e.